The molecule has 0 aliphatic carbocycles. The van der Waals surface area contributed by atoms with Gasteiger partial charge < -0.3 is 10.6 Å². The quantitative estimate of drug-likeness (QED) is 0.490. The third kappa shape index (κ3) is 4.68. The second-order valence-corrected chi connectivity index (χ2v) is 8.42. The number of anilines is 1. The van der Waals surface area contributed by atoms with E-state index >= 15 is 0 Å². The Hall–Kier alpha value is -1.61. The van der Waals surface area contributed by atoms with E-state index in [-0.39, 0.29) is 0 Å². The topological polar surface area (TPSA) is 59.7 Å². The number of rotatable bonds is 5. The van der Waals surface area contributed by atoms with E-state index in [0.717, 1.165) is 32.8 Å². The summed E-state index contributed by atoms with van der Waals surface area (Å²) in [5.74, 6) is 0. The standard InChI is InChI=1S/C18H19BrCl2N6S/c1-10-17(24-18(28)22-8-16-14(19)7-23-26(16)3)11(2)27(25-10)9-12-4-5-13(20)6-15(12)21/h4-7H,8-9H2,1-3H3,(H2,22,24,28). The van der Waals surface area contributed by atoms with Crippen molar-refractivity contribution in [2.75, 3.05) is 5.32 Å². The highest BCUT2D eigenvalue weighted by Gasteiger charge is 2.15. The fraction of sp³-hybridized carbons (Fsp3) is 0.278. The molecule has 0 radical (unpaired) electrons. The molecule has 0 aliphatic heterocycles. The molecule has 1 aromatic carbocycles. The van der Waals surface area contributed by atoms with Gasteiger partial charge >= 0.3 is 0 Å². The minimum atomic E-state index is 0.517. The van der Waals surface area contributed by atoms with Crippen LogP contribution in [0.2, 0.25) is 10.0 Å². The van der Waals surface area contributed by atoms with Crippen molar-refractivity contribution in [2.24, 2.45) is 7.05 Å². The van der Waals surface area contributed by atoms with Gasteiger partial charge in [-0.05, 0) is 59.7 Å². The summed E-state index contributed by atoms with van der Waals surface area (Å²) >= 11 is 21.2. The SMILES string of the molecule is Cc1nn(Cc2ccc(Cl)cc2Cl)c(C)c1NC(=S)NCc1c(Br)cnn1C. The van der Waals surface area contributed by atoms with Gasteiger partial charge in [0.25, 0.3) is 0 Å². The molecule has 3 aromatic rings. The molecule has 0 atom stereocenters. The van der Waals surface area contributed by atoms with E-state index < -0.39 is 0 Å². The van der Waals surface area contributed by atoms with Crippen molar-refractivity contribution in [3.8, 4) is 0 Å². The summed E-state index contributed by atoms with van der Waals surface area (Å²) in [4.78, 5) is 0. The molecule has 3 rings (SSSR count). The monoisotopic (exact) mass is 500 g/mol. The zero-order chi connectivity index (χ0) is 20.4. The largest absolute Gasteiger partial charge is 0.357 e. The molecule has 0 aliphatic rings. The Labute approximate surface area is 187 Å². The zero-order valence-corrected chi connectivity index (χ0v) is 19.5. The van der Waals surface area contributed by atoms with Gasteiger partial charge in [0, 0.05) is 17.1 Å². The van der Waals surface area contributed by atoms with Crippen LogP contribution in [0.25, 0.3) is 0 Å². The lowest BCUT2D eigenvalue weighted by atomic mass is 10.2. The number of nitrogens with one attached hydrogen (secondary N) is 2. The first-order valence-electron chi connectivity index (χ1n) is 8.45. The molecule has 10 heteroatoms. The van der Waals surface area contributed by atoms with E-state index in [2.05, 4.69) is 36.8 Å². The number of nitrogens with zero attached hydrogens (tertiary/aromatic N) is 4. The van der Waals surface area contributed by atoms with Crippen LogP contribution in [0, 0.1) is 13.8 Å². The van der Waals surface area contributed by atoms with Crippen molar-refractivity contribution >= 4 is 62.1 Å². The van der Waals surface area contributed by atoms with Crippen molar-refractivity contribution in [3.63, 3.8) is 0 Å². The zero-order valence-electron chi connectivity index (χ0n) is 15.6. The van der Waals surface area contributed by atoms with E-state index in [1.807, 2.05) is 37.7 Å². The summed E-state index contributed by atoms with van der Waals surface area (Å²) in [5.41, 5.74) is 4.66. The first kappa shape index (κ1) is 21.1. The Balaban J connectivity index is 1.70. The van der Waals surface area contributed by atoms with E-state index in [1.54, 1.807) is 16.9 Å². The summed E-state index contributed by atoms with van der Waals surface area (Å²) in [6.45, 7) is 5.03. The highest BCUT2D eigenvalue weighted by Crippen LogP contribution is 2.25. The highest BCUT2D eigenvalue weighted by molar-refractivity contribution is 9.10. The van der Waals surface area contributed by atoms with Crippen LogP contribution in [-0.4, -0.2) is 24.7 Å². The smallest absolute Gasteiger partial charge is 0.171 e. The number of thiocarbonyl (C=S) groups is 1. The lowest BCUT2D eigenvalue weighted by Crippen LogP contribution is -2.29. The number of hydrogen-bond donors (Lipinski definition) is 2. The third-order valence-corrected chi connectivity index (χ3v) is 5.88. The molecule has 0 amide bonds. The summed E-state index contributed by atoms with van der Waals surface area (Å²) in [6.07, 6.45) is 1.76. The highest BCUT2D eigenvalue weighted by atomic mass is 79.9. The Kier molecular flexibility index (Phi) is 6.65. The van der Waals surface area contributed by atoms with Crippen LogP contribution in [0.3, 0.4) is 0 Å². The number of hydrogen-bond acceptors (Lipinski definition) is 3. The van der Waals surface area contributed by atoms with Gasteiger partial charge in [-0.15, -0.1) is 0 Å². The summed E-state index contributed by atoms with van der Waals surface area (Å²) < 4.78 is 4.63. The van der Waals surface area contributed by atoms with Gasteiger partial charge in [0.2, 0.25) is 0 Å². The first-order valence-corrected chi connectivity index (χ1v) is 10.4. The van der Waals surface area contributed by atoms with Gasteiger partial charge in [0.15, 0.2) is 5.11 Å². The van der Waals surface area contributed by atoms with E-state index in [9.17, 15) is 0 Å². The van der Waals surface area contributed by atoms with Crippen LogP contribution in [0.4, 0.5) is 5.69 Å². The lowest BCUT2D eigenvalue weighted by molar-refractivity contribution is 0.659. The van der Waals surface area contributed by atoms with Crippen LogP contribution in [0.5, 0.6) is 0 Å². The average Bonchev–Trinajstić information content (AvgIpc) is 3.09. The molecule has 2 heterocycles. The van der Waals surface area contributed by atoms with Crippen molar-refractivity contribution in [1.82, 2.24) is 24.9 Å². The van der Waals surface area contributed by atoms with Crippen molar-refractivity contribution in [2.45, 2.75) is 26.9 Å². The third-order valence-electron chi connectivity index (χ3n) is 4.38. The number of halogens is 3. The molecule has 2 N–H and O–H groups in total. The fourth-order valence-electron chi connectivity index (χ4n) is 2.80. The van der Waals surface area contributed by atoms with Crippen LogP contribution < -0.4 is 10.6 Å². The average molecular weight is 502 g/mol. The molecule has 2 aromatic heterocycles. The van der Waals surface area contributed by atoms with Gasteiger partial charge in [0.05, 0.1) is 46.5 Å². The van der Waals surface area contributed by atoms with Crippen molar-refractivity contribution in [3.05, 3.63) is 61.6 Å². The van der Waals surface area contributed by atoms with Crippen LogP contribution in [-0.2, 0) is 20.1 Å². The molecule has 28 heavy (non-hydrogen) atoms. The molecule has 0 saturated carbocycles. The van der Waals surface area contributed by atoms with E-state index in [1.165, 1.54) is 0 Å². The Bertz CT molecular complexity index is 1010. The summed E-state index contributed by atoms with van der Waals surface area (Å²) in [7, 11) is 1.89. The Morgan fingerprint density at radius 1 is 1.29 bits per heavy atom. The van der Waals surface area contributed by atoms with Crippen LogP contribution >= 0.6 is 51.3 Å². The molecule has 148 valence electrons. The molecular weight excluding hydrogens is 483 g/mol. The first-order chi connectivity index (χ1) is 13.3. The lowest BCUT2D eigenvalue weighted by Gasteiger charge is -2.12. The number of benzene rings is 1. The van der Waals surface area contributed by atoms with Crippen LogP contribution in [0.1, 0.15) is 22.6 Å². The van der Waals surface area contributed by atoms with Crippen LogP contribution in [0.15, 0.2) is 28.9 Å². The van der Waals surface area contributed by atoms with E-state index in [4.69, 9.17) is 35.4 Å². The van der Waals surface area contributed by atoms with Gasteiger partial charge in [-0.25, -0.2) is 0 Å². The molecule has 0 fully saturated rings. The molecule has 6 nitrogen and oxygen atoms in total. The normalized spacial score (nSPS) is 10.9. The molecule has 0 spiro atoms. The van der Waals surface area contributed by atoms with Gasteiger partial charge in [0.1, 0.15) is 0 Å². The van der Waals surface area contributed by atoms with Crippen molar-refractivity contribution < 1.29 is 0 Å². The Morgan fingerprint density at radius 3 is 2.68 bits per heavy atom. The number of aryl methyl sites for hydroxylation is 2. The molecule has 0 bridgehead atoms. The Morgan fingerprint density at radius 2 is 2.04 bits per heavy atom. The van der Waals surface area contributed by atoms with Crippen molar-refractivity contribution in [1.29, 1.82) is 0 Å². The summed E-state index contributed by atoms with van der Waals surface area (Å²) in [5, 5.41) is 17.0. The maximum Gasteiger partial charge on any atom is 0.171 e. The number of aromatic nitrogens is 4. The van der Waals surface area contributed by atoms with Gasteiger partial charge in [-0.3, -0.25) is 9.36 Å². The second-order valence-electron chi connectivity index (χ2n) is 6.31. The maximum absolute atomic E-state index is 6.30. The predicted octanol–water partition coefficient (Wildman–Crippen LogP) is 4.84. The molecule has 0 saturated heterocycles. The minimum Gasteiger partial charge on any atom is -0.357 e. The second kappa shape index (κ2) is 8.82. The van der Waals surface area contributed by atoms with E-state index in [0.29, 0.717) is 28.2 Å². The van der Waals surface area contributed by atoms with Gasteiger partial charge in [-0.1, -0.05) is 29.3 Å². The molecule has 0 unspecified atom stereocenters. The minimum absolute atomic E-state index is 0.517. The van der Waals surface area contributed by atoms with Gasteiger partial charge in [-0.2, -0.15) is 10.2 Å². The molecular formula is C18H19BrCl2N6S. The maximum atomic E-state index is 6.30. The summed E-state index contributed by atoms with van der Waals surface area (Å²) in [6, 6.07) is 5.47. The fourth-order valence-corrected chi connectivity index (χ4v) is 3.93. The predicted molar refractivity (Wildman–Crippen MR) is 121 cm³/mol.